The quantitative estimate of drug-likeness (QED) is 0.306. The predicted molar refractivity (Wildman–Crippen MR) is 195 cm³/mol. The minimum atomic E-state index is -0.575. The summed E-state index contributed by atoms with van der Waals surface area (Å²) in [6.07, 6.45) is 6.50. The average molecular weight is 720 g/mol. The van der Waals surface area contributed by atoms with E-state index in [9.17, 15) is 9.59 Å². The van der Waals surface area contributed by atoms with Gasteiger partial charge in [0, 0.05) is 51.2 Å². The van der Waals surface area contributed by atoms with Gasteiger partial charge in [0.25, 0.3) is 5.91 Å². The molecule has 7 rings (SSSR count). The molecular weight excluding hydrogens is 666 g/mol. The van der Waals surface area contributed by atoms with E-state index in [2.05, 4.69) is 27.4 Å². The van der Waals surface area contributed by atoms with Crippen LogP contribution in [0.4, 0.5) is 22.1 Å². The van der Waals surface area contributed by atoms with E-state index in [0.717, 1.165) is 75.4 Å². The lowest BCUT2D eigenvalue weighted by atomic mass is 9.73. The summed E-state index contributed by atoms with van der Waals surface area (Å²) in [4.78, 5) is 45.2. The van der Waals surface area contributed by atoms with Crippen molar-refractivity contribution in [2.45, 2.75) is 103 Å². The van der Waals surface area contributed by atoms with Gasteiger partial charge in [-0.3, -0.25) is 4.79 Å². The molecule has 4 atom stereocenters. The Labute approximate surface area is 305 Å². The lowest BCUT2D eigenvalue weighted by Gasteiger charge is -2.42. The second-order valence-electron chi connectivity index (χ2n) is 15.7. The molecule has 0 aromatic carbocycles. The van der Waals surface area contributed by atoms with Gasteiger partial charge < -0.3 is 39.4 Å². The van der Waals surface area contributed by atoms with Gasteiger partial charge in [-0.05, 0) is 78.4 Å². The highest BCUT2D eigenvalue weighted by atomic mass is 16.6. The van der Waals surface area contributed by atoms with E-state index >= 15 is 0 Å². The third-order valence-corrected chi connectivity index (χ3v) is 10.8. The van der Waals surface area contributed by atoms with Crippen LogP contribution < -0.4 is 20.4 Å². The topological polar surface area (TPSA) is 158 Å². The van der Waals surface area contributed by atoms with Crippen LogP contribution in [-0.4, -0.2) is 108 Å². The highest BCUT2D eigenvalue weighted by Gasteiger charge is 2.50. The van der Waals surface area contributed by atoms with Gasteiger partial charge in [-0.25, -0.2) is 24.4 Å². The number of nitrogens with zero attached hydrogens (tertiary/aromatic N) is 7. The summed E-state index contributed by atoms with van der Waals surface area (Å²) in [5.41, 5.74) is 2.78. The monoisotopic (exact) mass is 719 g/mol. The maximum Gasteiger partial charge on any atom is 0.407 e. The molecule has 2 amide bonds. The largest absolute Gasteiger partial charge is 0.444 e. The van der Waals surface area contributed by atoms with Crippen LogP contribution in [0, 0.1) is 5.41 Å². The normalized spacial score (nSPS) is 24.6. The molecule has 3 saturated heterocycles. The van der Waals surface area contributed by atoms with Gasteiger partial charge in [0.15, 0.2) is 23.2 Å². The van der Waals surface area contributed by atoms with Crippen LogP contribution in [0.5, 0.6) is 0 Å². The SMILES string of the molecule is COCCNC(=O)c1ccc2c(n1)[C@@H](C)CCN2c1nn(C2CCCCO2)c2nc(N3CCC4(CC3)CO[C@@H](C)[C@H]4NC(=O)OC(C)(C)C)cnc12. The molecule has 15 nitrogen and oxygen atoms in total. The molecule has 1 unspecified atom stereocenters. The Bertz CT molecular complexity index is 1760. The summed E-state index contributed by atoms with van der Waals surface area (Å²) >= 11 is 0. The Morgan fingerprint density at radius 2 is 1.87 bits per heavy atom. The number of carbonyl (C=O) groups is 2. The van der Waals surface area contributed by atoms with E-state index in [1.807, 2.05) is 44.6 Å². The third kappa shape index (κ3) is 7.27. The zero-order valence-electron chi connectivity index (χ0n) is 31.3. The van der Waals surface area contributed by atoms with Crippen LogP contribution in [0.3, 0.4) is 0 Å². The highest BCUT2D eigenvalue weighted by Crippen LogP contribution is 2.44. The van der Waals surface area contributed by atoms with Gasteiger partial charge in [-0.1, -0.05) is 6.92 Å². The molecule has 3 fully saturated rings. The summed E-state index contributed by atoms with van der Waals surface area (Å²) in [5.74, 6) is 1.44. The third-order valence-electron chi connectivity index (χ3n) is 10.8. The Hall–Kier alpha value is -4.08. The number of fused-ring (bicyclic) bond motifs is 2. The predicted octanol–water partition coefficient (Wildman–Crippen LogP) is 4.84. The number of methoxy groups -OCH3 is 1. The molecule has 2 N–H and O–H groups in total. The standard InChI is InChI=1S/C37H53N9O6/c1-23-12-16-45(26-11-10-25(40-29(23)26)34(47)38-15-20-49-6)33-30-32(46(43-33)28-9-7-8-19-50-28)41-27(21-39-30)44-17-13-37(14-18-44)22-51-24(2)31(37)42-35(48)52-36(3,4)5/h10-11,21,23-24,28,31H,7-9,12-20,22H2,1-6H3,(H,38,47)(H,42,48)/t23-,24-,28?,31+/m0/s1. The minimum absolute atomic E-state index is 0.110. The highest BCUT2D eigenvalue weighted by molar-refractivity contribution is 5.93. The van der Waals surface area contributed by atoms with Crippen molar-refractivity contribution in [2.24, 2.45) is 5.41 Å². The summed E-state index contributed by atoms with van der Waals surface area (Å²) in [7, 11) is 1.61. The molecule has 0 bridgehead atoms. The van der Waals surface area contributed by atoms with Crippen molar-refractivity contribution in [2.75, 3.05) is 62.9 Å². The molecular formula is C37H53N9O6. The van der Waals surface area contributed by atoms with Crippen LogP contribution in [0.1, 0.15) is 101 Å². The van der Waals surface area contributed by atoms with Crippen LogP contribution in [-0.2, 0) is 18.9 Å². The van der Waals surface area contributed by atoms with Crippen LogP contribution in [0.25, 0.3) is 11.2 Å². The second-order valence-corrected chi connectivity index (χ2v) is 15.7. The van der Waals surface area contributed by atoms with Gasteiger partial charge in [0.2, 0.25) is 0 Å². The van der Waals surface area contributed by atoms with Crippen molar-refractivity contribution in [1.82, 2.24) is 35.4 Å². The van der Waals surface area contributed by atoms with E-state index in [1.165, 1.54) is 0 Å². The Morgan fingerprint density at radius 1 is 1.06 bits per heavy atom. The lowest BCUT2D eigenvalue weighted by molar-refractivity contribution is -0.0368. The summed E-state index contributed by atoms with van der Waals surface area (Å²) in [6, 6.07) is 3.59. The van der Waals surface area contributed by atoms with Gasteiger partial charge in [0.05, 0.1) is 42.9 Å². The van der Waals surface area contributed by atoms with Crippen molar-refractivity contribution < 1.29 is 28.5 Å². The first-order valence-electron chi connectivity index (χ1n) is 18.7. The maximum absolute atomic E-state index is 12.8. The van der Waals surface area contributed by atoms with Gasteiger partial charge in [-0.15, -0.1) is 5.10 Å². The zero-order chi connectivity index (χ0) is 36.6. The van der Waals surface area contributed by atoms with E-state index in [0.29, 0.717) is 49.0 Å². The number of ether oxygens (including phenoxy) is 4. The molecule has 1 spiro atoms. The molecule has 3 aromatic heterocycles. The van der Waals surface area contributed by atoms with Crippen LogP contribution >= 0.6 is 0 Å². The molecule has 0 aliphatic carbocycles. The molecule has 0 radical (unpaired) electrons. The first-order chi connectivity index (χ1) is 25.0. The van der Waals surface area contributed by atoms with E-state index < -0.39 is 11.7 Å². The summed E-state index contributed by atoms with van der Waals surface area (Å²) in [6.45, 7) is 14.1. The molecule has 15 heteroatoms. The van der Waals surface area contributed by atoms with E-state index in [4.69, 9.17) is 39.0 Å². The van der Waals surface area contributed by atoms with Crippen LogP contribution in [0.2, 0.25) is 0 Å². The maximum atomic E-state index is 12.8. The first kappa shape index (κ1) is 36.3. The number of hydrogen-bond donors (Lipinski definition) is 2. The smallest absolute Gasteiger partial charge is 0.407 e. The Balaban J connectivity index is 1.16. The molecule has 4 aliphatic heterocycles. The zero-order valence-corrected chi connectivity index (χ0v) is 31.3. The fraction of sp³-hybridized carbons (Fsp3) is 0.676. The first-order valence-corrected chi connectivity index (χ1v) is 18.7. The Kier molecular flexibility index (Phi) is 10.3. The number of aromatic nitrogens is 5. The van der Waals surface area contributed by atoms with E-state index in [1.54, 1.807) is 13.2 Å². The van der Waals surface area contributed by atoms with Gasteiger partial charge in [0.1, 0.15) is 17.1 Å². The molecule has 3 aromatic rings. The van der Waals surface area contributed by atoms with Gasteiger partial charge in [-0.2, -0.15) is 0 Å². The number of rotatable bonds is 8. The van der Waals surface area contributed by atoms with Crippen molar-refractivity contribution in [3.05, 3.63) is 29.7 Å². The minimum Gasteiger partial charge on any atom is -0.444 e. The number of nitrogens with one attached hydrogen (secondary N) is 2. The van der Waals surface area contributed by atoms with Crippen molar-refractivity contribution in [3.63, 3.8) is 0 Å². The van der Waals surface area contributed by atoms with Crippen LogP contribution in [0.15, 0.2) is 18.3 Å². The Morgan fingerprint density at radius 3 is 2.60 bits per heavy atom. The second kappa shape index (κ2) is 14.7. The number of piperidine rings is 1. The fourth-order valence-electron chi connectivity index (χ4n) is 8.00. The summed E-state index contributed by atoms with van der Waals surface area (Å²) < 4.78 is 25.0. The van der Waals surface area contributed by atoms with E-state index in [-0.39, 0.29) is 35.6 Å². The van der Waals surface area contributed by atoms with Crippen molar-refractivity contribution in [3.8, 4) is 0 Å². The molecule has 282 valence electrons. The molecule has 0 saturated carbocycles. The fourth-order valence-corrected chi connectivity index (χ4v) is 8.00. The molecule has 52 heavy (non-hydrogen) atoms. The van der Waals surface area contributed by atoms with Crippen molar-refractivity contribution in [1.29, 1.82) is 0 Å². The average Bonchev–Trinajstić information content (AvgIpc) is 3.65. The number of anilines is 3. The molecule has 4 aliphatic rings. The molecule has 7 heterocycles. The van der Waals surface area contributed by atoms with Crippen molar-refractivity contribution >= 4 is 40.5 Å². The number of alkyl carbamates (subject to hydrolysis) is 1. The number of hydrogen-bond acceptors (Lipinski definition) is 12. The number of pyridine rings is 1. The number of carbonyl (C=O) groups excluding carboxylic acids is 2. The summed E-state index contributed by atoms with van der Waals surface area (Å²) in [5, 5.41) is 11.2. The van der Waals surface area contributed by atoms with Gasteiger partial charge >= 0.3 is 6.09 Å². The lowest BCUT2D eigenvalue weighted by Crippen LogP contribution is -2.55. The number of amides is 2.